The van der Waals surface area contributed by atoms with Gasteiger partial charge in [0.15, 0.2) is 11.5 Å². The summed E-state index contributed by atoms with van der Waals surface area (Å²) in [6, 6.07) is 8.13. The van der Waals surface area contributed by atoms with E-state index in [1.165, 1.54) is 12.1 Å². The molecule has 3 amide bonds. The van der Waals surface area contributed by atoms with E-state index in [1.807, 2.05) is 0 Å². The smallest absolute Gasteiger partial charge is 0.416 e. The number of carbonyl (C=O) groups excluding carboxylic acids is 3. The second-order valence-corrected chi connectivity index (χ2v) is 9.66. The maximum absolute atomic E-state index is 13.5. The quantitative estimate of drug-likeness (QED) is 0.619. The predicted molar refractivity (Wildman–Crippen MR) is 131 cm³/mol. The van der Waals surface area contributed by atoms with Gasteiger partial charge in [-0.1, -0.05) is 0 Å². The molecule has 0 saturated carbocycles. The molecule has 2 saturated heterocycles. The van der Waals surface area contributed by atoms with Crippen LogP contribution in [0.4, 0.5) is 13.2 Å². The number of amides is 3. The standard InChI is InChI=1S/C27H28F3N3O6/c28-27(29,30)20-4-1-18(2-5-20)25(35)32-9-7-17(8-10-32)23(26(36)33-11-13-37-14-12-33)31-24(34)19-3-6-21-22(15-19)39-16-38-21/h1-6,15,17,23H,7-14,16H2,(H,31,34)/t23-/m1/s1. The Morgan fingerprint density at radius 2 is 1.49 bits per heavy atom. The lowest BCUT2D eigenvalue weighted by Crippen LogP contribution is -2.56. The number of piperidine rings is 1. The van der Waals surface area contributed by atoms with Gasteiger partial charge in [0.05, 0.1) is 18.8 Å². The van der Waals surface area contributed by atoms with Crippen molar-refractivity contribution in [3.8, 4) is 11.5 Å². The van der Waals surface area contributed by atoms with Crippen molar-refractivity contribution in [2.45, 2.75) is 25.1 Å². The molecule has 3 heterocycles. The zero-order chi connectivity index (χ0) is 27.6. The van der Waals surface area contributed by atoms with Crippen LogP contribution >= 0.6 is 0 Å². The van der Waals surface area contributed by atoms with Gasteiger partial charge in [0, 0.05) is 37.3 Å². The Bertz CT molecular complexity index is 1220. The van der Waals surface area contributed by atoms with Crippen LogP contribution in [0.1, 0.15) is 39.1 Å². The molecule has 0 bridgehead atoms. The normalized spacial score (nSPS) is 18.5. The Morgan fingerprint density at radius 3 is 2.15 bits per heavy atom. The predicted octanol–water partition coefficient (Wildman–Crippen LogP) is 2.94. The maximum Gasteiger partial charge on any atom is 0.416 e. The van der Waals surface area contributed by atoms with Gasteiger partial charge >= 0.3 is 6.18 Å². The zero-order valence-electron chi connectivity index (χ0n) is 21.0. The first-order valence-corrected chi connectivity index (χ1v) is 12.7. The fourth-order valence-electron chi connectivity index (χ4n) is 5.04. The molecule has 0 radical (unpaired) electrons. The van der Waals surface area contributed by atoms with Gasteiger partial charge in [-0.25, -0.2) is 0 Å². The number of alkyl halides is 3. The molecule has 0 spiro atoms. The molecule has 0 aromatic heterocycles. The highest BCUT2D eigenvalue weighted by molar-refractivity contribution is 5.98. The number of morpholine rings is 1. The van der Waals surface area contributed by atoms with Gasteiger partial charge in [-0.2, -0.15) is 13.2 Å². The van der Waals surface area contributed by atoms with E-state index in [1.54, 1.807) is 28.0 Å². The summed E-state index contributed by atoms with van der Waals surface area (Å²) in [6.07, 6.45) is -3.60. The molecule has 9 nitrogen and oxygen atoms in total. The lowest BCUT2D eigenvalue weighted by atomic mass is 9.87. The van der Waals surface area contributed by atoms with Crippen LogP contribution in [0.5, 0.6) is 11.5 Å². The van der Waals surface area contributed by atoms with Gasteiger partial charge in [0.1, 0.15) is 6.04 Å². The average Bonchev–Trinajstić information content (AvgIpc) is 3.43. The highest BCUT2D eigenvalue weighted by Crippen LogP contribution is 2.33. The molecule has 12 heteroatoms. The molecule has 39 heavy (non-hydrogen) atoms. The summed E-state index contributed by atoms with van der Waals surface area (Å²) < 4.78 is 54.7. The van der Waals surface area contributed by atoms with Crippen LogP contribution in [0.2, 0.25) is 0 Å². The Labute approximate surface area is 222 Å². The summed E-state index contributed by atoms with van der Waals surface area (Å²) in [5.41, 5.74) is -0.326. The number of carbonyl (C=O) groups is 3. The first-order valence-electron chi connectivity index (χ1n) is 12.7. The molecule has 0 unspecified atom stereocenters. The van der Waals surface area contributed by atoms with Crippen LogP contribution < -0.4 is 14.8 Å². The van der Waals surface area contributed by atoms with E-state index in [0.29, 0.717) is 69.3 Å². The summed E-state index contributed by atoms with van der Waals surface area (Å²) in [5, 5.41) is 2.91. The minimum Gasteiger partial charge on any atom is -0.454 e. The number of benzene rings is 2. The van der Waals surface area contributed by atoms with E-state index < -0.39 is 23.7 Å². The molecule has 0 aliphatic carbocycles. The van der Waals surface area contributed by atoms with E-state index in [4.69, 9.17) is 14.2 Å². The lowest BCUT2D eigenvalue weighted by Gasteiger charge is -2.38. The molecule has 1 atom stereocenters. The molecule has 2 aromatic rings. The van der Waals surface area contributed by atoms with E-state index in [9.17, 15) is 27.6 Å². The van der Waals surface area contributed by atoms with Crippen molar-refractivity contribution in [2.75, 3.05) is 46.2 Å². The highest BCUT2D eigenvalue weighted by atomic mass is 19.4. The van der Waals surface area contributed by atoms with Crippen molar-refractivity contribution in [2.24, 2.45) is 5.92 Å². The van der Waals surface area contributed by atoms with Gasteiger partial charge in [0.25, 0.3) is 11.8 Å². The Balaban J connectivity index is 1.27. The van der Waals surface area contributed by atoms with Crippen molar-refractivity contribution >= 4 is 17.7 Å². The number of halogens is 3. The third-order valence-electron chi connectivity index (χ3n) is 7.27. The van der Waals surface area contributed by atoms with Crippen molar-refractivity contribution < 1.29 is 41.8 Å². The Hall–Kier alpha value is -3.80. The van der Waals surface area contributed by atoms with Crippen LogP contribution in [0.25, 0.3) is 0 Å². The largest absolute Gasteiger partial charge is 0.454 e. The van der Waals surface area contributed by atoms with Crippen molar-refractivity contribution in [3.63, 3.8) is 0 Å². The summed E-state index contributed by atoms with van der Waals surface area (Å²) in [7, 11) is 0. The van der Waals surface area contributed by atoms with Crippen LogP contribution in [-0.2, 0) is 15.7 Å². The maximum atomic E-state index is 13.5. The first-order chi connectivity index (χ1) is 18.7. The molecule has 1 N–H and O–H groups in total. The van der Waals surface area contributed by atoms with E-state index in [0.717, 1.165) is 12.1 Å². The number of hydrogen-bond acceptors (Lipinski definition) is 6. The third-order valence-corrected chi connectivity index (χ3v) is 7.27. The number of ether oxygens (including phenoxy) is 3. The molecular formula is C27H28F3N3O6. The van der Waals surface area contributed by atoms with Gasteiger partial charge in [-0.05, 0) is 61.2 Å². The molecule has 208 valence electrons. The molecule has 2 fully saturated rings. The van der Waals surface area contributed by atoms with Gasteiger partial charge in [0.2, 0.25) is 12.7 Å². The van der Waals surface area contributed by atoms with Crippen molar-refractivity contribution in [3.05, 3.63) is 59.2 Å². The minimum atomic E-state index is -4.48. The van der Waals surface area contributed by atoms with Gasteiger partial charge in [-0.15, -0.1) is 0 Å². The topological polar surface area (TPSA) is 97.4 Å². The molecule has 5 rings (SSSR count). The summed E-state index contributed by atoms with van der Waals surface area (Å²) in [4.78, 5) is 42.9. The third kappa shape index (κ3) is 5.95. The Morgan fingerprint density at radius 1 is 0.846 bits per heavy atom. The van der Waals surface area contributed by atoms with E-state index >= 15 is 0 Å². The van der Waals surface area contributed by atoms with Crippen molar-refractivity contribution in [1.82, 2.24) is 15.1 Å². The monoisotopic (exact) mass is 547 g/mol. The molecule has 2 aromatic carbocycles. The summed E-state index contributed by atoms with van der Waals surface area (Å²) >= 11 is 0. The molecule has 3 aliphatic rings. The van der Waals surface area contributed by atoms with Crippen LogP contribution in [0, 0.1) is 5.92 Å². The molecule has 3 aliphatic heterocycles. The van der Waals surface area contributed by atoms with Crippen LogP contribution in [0.15, 0.2) is 42.5 Å². The minimum absolute atomic E-state index is 0.0717. The van der Waals surface area contributed by atoms with Gasteiger partial charge < -0.3 is 29.3 Å². The van der Waals surface area contributed by atoms with E-state index in [2.05, 4.69) is 5.32 Å². The number of rotatable bonds is 5. The Kier molecular flexibility index (Phi) is 7.65. The summed E-state index contributed by atoms with van der Waals surface area (Å²) in [6.45, 7) is 2.33. The number of nitrogens with one attached hydrogen (secondary N) is 1. The van der Waals surface area contributed by atoms with Crippen molar-refractivity contribution in [1.29, 1.82) is 0 Å². The fourth-order valence-corrected chi connectivity index (χ4v) is 5.04. The summed E-state index contributed by atoms with van der Waals surface area (Å²) in [5.74, 6) is -0.257. The average molecular weight is 548 g/mol. The number of fused-ring (bicyclic) bond motifs is 1. The first kappa shape index (κ1) is 26.8. The zero-order valence-corrected chi connectivity index (χ0v) is 21.0. The van der Waals surface area contributed by atoms with Gasteiger partial charge in [-0.3, -0.25) is 14.4 Å². The van der Waals surface area contributed by atoms with E-state index in [-0.39, 0.29) is 30.1 Å². The number of nitrogens with zero attached hydrogens (tertiary/aromatic N) is 2. The highest BCUT2D eigenvalue weighted by Gasteiger charge is 2.37. The fraction of sp³-hybridized carbons (Fsp3) is 0.444. The van der Waals surface area contributed by atoms with Crippen LogP contribution in [-0.4, -0.2) is 79.7 Å². The number of likely N-dealkylation sites (tertiary alicyclic amines) is 1. The number of hydrogen-bond donors (Lipinski definition) is 1. The SMILES string of the molecule is O=C(N[C@@H](C(=O)N1CCOCC1)C1CCN(C(=O)c2ccc(C(F)(F)F)cc2)CC1)c1ccc2c(c1)OCO2. The second kappa shape index (κ2) is 11.1. The van der Waals surface area contributed by atoms with Crippen LogP contribution in [0.3, 0.4) is 0 Å². The lowest BCUT2D eigenvalue weighted by molar-refractivity contribution is -0.139. The second-order valence-electron chi connectivity index (χ2n) is 9.66. The molecular weight excluding hydrogens is 519 g/mol.